The van der Waals surface area contributed by atoms with Crippen molar-refractivity contribution in [2.75, 3.05) is 6.61 Å². The van der Waals surface area contributed by atoms with E-state index in [1.54, 1.807) is 13.8 Å². The summed E-state index contributed by atoms with van der Waals surface area (Å²) in [6.07, 6.45) is 0.559. The number of benzene rings is 1. The molecule has 1 amide bonds. The van der Waals surface area contributed by atoms with Gasteiger partial charge in [0.2, 0.25) is 0 Å². The van der Waals surface area contributed by atoms with Crippen LogP contribution in [-0.2, 0) is 0 Å². The van der Waals surface area contributed by atoms with E-state index in [9.17, 15) is 20.0 Å². The molecular formula is C13H18N2O4. The van der Waals surface area contributed by atoms with Crippen LogP contribution in [0.15, 0.2) is 18.2 Å². The third-order valence-electron chi connectivity index (χ3n) is 3.21. The Hall–Kier alpha value is -1.95. The van der Waals surface area contributed by atoms with E-state index in [1.807, 2.05) is 6.92 Å². The van der Waals surface area contributed by atoms with Crippen LogP contribution < -0.4 is 5.32 Å². The fourth-order valence-electron chi connectivity index (χ4n) is 1.53. The number of nitrogens with zero attached hydrogens (tertiary/aromatic N) is 1. The Balaban J connectivity index is 3.01. The minimum atomic E-state index is -0.725. The molecule has 0 saturated heterocycles. The van der Waals surface area contributed by atoms with Crippen molar-refractivity contribution in [1.29, 1.82) is 0 Å². The molecule has 6 nitrogen and oxygen atoms in total. The van der Waals surface area contributed by atoms with E-state index in [2.05, 4.69) is 5.32 Å². The first kappa shape index (κ1) is 15.1. The normalized spacial score (nSPS) is 13.7. The molecule has 104 valence electrons. The van der Waals surface area contributed by atoms with E-state index in [0.29, 0.717) is 12.0 Å². The third-order valence-corrected chi connectivity index (χ3v) is 3.21. The lowest BCUT2D eigenvalue weighted by Crippen LogP contribution is -2.48. The highest BCUT2D eigenvalue weighted by Crippen LogP contribution is 2.20. The molecule has 1 aromatic carbocycles. The molecule has 0 heterocycles. The molecule has 0 aromatic heterocycles. The molecule has 0 aliphatic heterocycles. The number of nitro groups is 1. The summed E-state index contributed by atoms with van der Waals surface area (Å²) < 4.78 is 0. The molecule has 19 heavy (non-hydrogen) atoms. The smallest absolute Gasteiger partial charge is 0.273 e. The van der Waals surface area contributed by atoms with Gasteiger partial charge in [-0.2, -0.15) is 0 Å². The molecule has 1 atom stereocenters. The standard InChI is InChI=1S/C13H18N2O4/c1-4-13(3,8-16)14-12(17)10-6-5-9(2)11(7-10)15(18)19/h5-7,16H,4,8H2,1-3H3,(H,14,17). The first-order valence-corrected chi connectivity index (χ1v) is 6.01. The van der Waals surface area contributed by atoms with Gasteiger partial charge in [0.05, 0.1) is 17.1 Å². The first-order chi connectivity index (χ1) is 8.83. The van der Waals surface area contributed by atoms with Crippen molar-refractivity contribution in [2.24, 2.45) is 0 Å². The molecule has 0 fully saturated rings. The fraction of sp³-hybridized carbons (Fsp3) is 0.462. The van der Waals surface area contributed by atoms with E-state index >= 15 is 0 Å². The number of carbonyl (C=O) groups excluding carboxylic acids is 1. The average Bonchev–Trinajstić information content (AvgIpc) is 2.38. The second-order valence-corrected chi connectivity index (χ2v) is 4.78. The summed E-state index contributed by atoms with van der Waals surface area (Å²) in [5, 5.41) is 22.8. The van der Waals surface area contributed by atoms with E-state index in [4.69, 9.17) is 0 Å². The number of amides is 1. The van der Waals surface area contributed by atoms with Gasteiger partial charge in [-0.1, -0.05) is 13.0 Å². The number of aliphatic hydroxyl groups is 1. The Bertz CT molecular complexity index is 495. The lowest BCUT2D eigenvalue weighted by molar-refractivity contribution is -0.385. The largest absolute Gasteiger partial charge is 0.394 e. The van der Waals surface area contributed by atoms with Crippen molar-refractivity contribution < 1.29 is 14.8 Å². The minimum Gasteiger partial charge on any atom is -0.394 e. The number of nitro benzene ring substituents is 1. The summed E-state index contributed by atoms with van der Waals surface area (Å²) >= 11 is 0. The maximum absolute atomic E-state index is 12.0. The molecule has 0 bridgehead atoms. The quantitative estimate of drug-likeness (QED) is 0.627. The van der Waals surface area contributed by atoms with Crippen LogP contribution in [0.4, 0.5) is 5.69 Å². The predicted molar refractivity (Wildman–Crippen MR) is 71.1 cm³/mol. The molecule has 1 aromatic rings. The zero-order valence-electron chi connectivity index (χ0n) is 11.3. The molecule has 0 aliphatic carbocycles. The first-order valence-electron chi connectivity index (χ1n) is 6.01. The zero-order valence-corrected chi connectivity index (χ0v) is 11.3. The summed E-state index contributed by atoms with van der Waals surface area (Å²) in [7, 11) is 0. The maximum Gasteiger partial charge on any atom is 0.273 e. The highest BCUT2D eigenvalue weighted by molar-refractivity contribution is 5.95. The lowest BCUT2D eigenvalue weighted by Gasteiger charge is -2.27. The van der Waals surface area contributed by atoms with Gasteiger partial charge in [0, 0.05) is 17.2 Å². The molecule has 1 rings (SSSR count). The number of aryl methyl sites for hydroxylation is 1. The van der Waals surface area contributed by atoms with Crippen LogP contribution in [0.25, 0.3) is 0 Å². The van der Waals surface area contributed by atoms with Crippen LogP contribution in [0, 0.1) is 17.0 Å². The van der Waals surface area contributed by atoms with E-state index in [0.717, 1.165) is 0 Å². The van der Waals surface area contributed by atoms with Crippen molar-refractivity contribution >= 4 is 11.6 Å². The highest BCUT2D eigenvalue weighted by Gasteiger charge is 2.24. The van der Waals surface area contributed by atoms with Crippen LogP contribution >= 0.6 is 0 Å². The van der Waals surface area contributed by atoms with Crippen molar-refractivity contribution in [1.82, 2.24) is 5.32 Å². The molecule has 2 N–H and O–H groups in total. The molecular weight excluding hydrogens is 248 g/mol. The maximum atomic E-state index is 12.0. The van der Waals surface area contributed by atoms with E-state index < -0.39 is 16.4 Å². The van der Waals surface area contributed by atoms with Gasteiger partial charge in [0.25, 0.3) is 11.6 Å². The van der Waals surface area contributed by atoms with Gasteiger partial charge in [0.15, 0.2) is 0 Å². The summed E-state index contributed by atoms with van der Waals surface area (Å²) in [6, 6.07) is 4.32. The van der Waals surface area contributed by atoms with Crippen molar-refractivity contribution in [2.45, 2.75) is 32.7 Å². The fourth-order valence-corrected chi connectivity index (χ4v) is 1.53. The summed E-state index contributed by atoms with van der Waals surface area (Å²) in [5.41, 5.74) is -0.0984. The van der Waals surface area contributed by atoms with Crippen LogP contribution in [0.5, 0.6) is 0 Å². The monoisotopic (exact) mass is 266 g/mol. The van der Waals surface area contributed by atoms with Crippen molar-refractivity contribution in [3.63, 3.8) is 0 Å². The number of hydrogen-bond acceptors (Lipinski definition) is 4. The molecule has 0 radical (unpaired) electrons. The van der Waals surface area contributed by atoms with Gasteiger partial charge in [-0.15, -0.1) is 0 Å². The van der Waals surface area contributed by atoms with Crippen LogP contribution in [-0.4, -0.2) is 28.1 Å². The Morgan fingerprint density at radius 1 is 1.53 bits per heavy atom. The second kappa shape index (κ2) is 5.79. The number of hydrogen-bond donors (Lipinski definition) is 2. The van der Waals surface area contributed by atoms with E-state index in [-0.39, 0.29) is 17.9 Å². The lowest BCUT2D eigenvalue weighted by atomic mass is 9.99. The van der Waals surface area contributed by atoms with Gasteiger partial charge in [0.1, 0.15) is 0 Å². The van der Waals surface area contributed by atoms with Crippen LogP contribution in [0.1, 0.15) is 36.2 Å². The summed E-state index contributed by atoms with van der Waals surface area (Å²) in [4.78, 5) is 22.3. The van der Waals surface area contributed by atoms with Crippen LogP contribution in [0.3, 0.4) is 0 Å². The predicted octanol–water partition coefficient (Wildman–Crippen LogP) is 1.79. The third kappa shape index (κ3) is 3.51. The average molecular weight is 266 g/mol. The SMILES string of the molecule is CCC(C)(CO)NC(=O)c1ccc(C)c([N+](=O)[O-])c1. The minimum absolute atomic E-state index is 0.0881. The molecule has 0 saturated carbocycles. The van der Waals surface area contributed by atoms with E-state index in [1.165, 1.54) is 18.2 Å². The van der Waals surface area contributed by atoms with Gasteiger partial charge >= 0.3 is 0 Å². The van der Waals surface area contributed by atoms with Gasteiger partial charge in [-0.05, 0) is 26.3 Å². The number of rotatable bonds is 5. The van der Waals surface area contributed by atoms with Gasteiger partial charge in [-0.25, -0.2) is 0 Å². The zero-order chi connectivity index (χ0) is 14.6. The Kier molecular flexibility index (Phi) is 4.61. The number of aliphatic hydroxyl groups excluding tert-OH is 1. The van der Waals surface area contributed by atoms with Crippen molar-refractivity contribution in [3.05, 3.63) is 39.4 Å². The molecule has 0 aliphatic rings. The summed E-state index contributed by atoms with van der Waals surface area (Å²) in [5.74, 6) is -0.429. The summed E-state index contributed by atoms with van der Waals surface area (Å²) in [6.45, 7) is 4.98. The Labute approximate surface area is 111 Å². The highest BCUT2D eigenvalue weighted by atomic mass is 16.6. The number of carbonyl (C=O) groups is 1. The molecule has 0 spiro atoms. The second-order valence-electron chi connectivity index (χ2n) is 4.78. The Morgan fingerprint density at radius 3 is 2.63 bits per heavy atom. The van der Waals surface area contributed by atoms with Crippen molar-refractivity contribution in [3.8, 4) is 0 Å². The van der Waals surface area contributed by atoms with Crippen LogP contribution in [0.2, 0.25) is 0 Å². The Morgan fingerprint density at radius 2 is 2.16 bits per heavy atom. The van der Waals surface area contributed by atoms with Gasteiger partial charge in [-0.3, -0.25) is 14.9 Å². The topological polar surface area (TPSA) is 92.5 Å². The molecule has 6 heteroatoms. The number of nitrogens with one attached hydrogen (secondary N) is 1. The molecule has 1 unspecified atom stereocenters. The van der Waals surface area contributed by atoms with Gasteiger partial charge < -0.3 is 10.4 Å².